The lowest BCUT2D eigenvalue weighted by Gasteiger charge is -2.35. The van der Waals surface area contributed by atoms with Gasteiger partial charge in [-0.1, -0.05) is 5.16 Å². The number of aryl methyl sites for hydroxylation is 1. The number of carbonyl (C=O) groups excluding carboxylic acids is 1. The number of nitrogens with one attached hydrogen (secondary N) is 1. The number of amides is 1. The van der Waals surface area contributed by atoms with Gasteiger partial charge in [-0.3, -0.25) is 4.98 Å². The predicted octanol–water partition coefficient (Wildman–Crippen LogP) is 5.60. The number of carbonyl (C=O) groups is 1. The van der Waals surface area contributed by atoms with Crippen LogP contribution in [0.15, 0.2) is 29.6 Å². The molecule has 0 radical (unpaired) electrons. The molecular weight excluding hydrogens is 435 g/mol. The van der Waals surface area contributed by atoms with Crippen LogP contribution >= 0.6 is 0 Å². The van der Waals surface area contributed by atoms with E-state index in [0.717, 1.165) is 5.71 Å². The van der Waals surface area contributed by atoms with Crippen molar-refractivity contribution in [3.63, 3.8) is 0 Å². The number of hydrogen-bond donors (Lipinski definition) is 1. The highest BCUT2D eigenvalue weighted by atomic mass is 19.1. The maximum Gasteiger partial charge on any atom is 0.407 e. The third-order valence-electron chi connectivity index (χ3n) is 5.64. The maximum atomic E-state index is 14.5. The molecule has 2 aromatic rings. The van der Waals surface area contributed by atoms with Crippen molar-refractivity contribution in [2.24, 2.45) is 11.1 Å². The largest absolute Gasteiger partial charge is 0.446 e. The average molecular weight is 461 g/mol. The Balaban J connectivity index is 1.44. The number of nitrogens with zero attached hydrogens (tertiary/aromatic N) is 2. The molecule has 1 N–H and O–H groups in total. The number of pyridine rings is 1. The molecule has 4 rings (SSSR count). The summed E-state index contributed by atoms with van der Waals surface area (Å²) in [5.41, 5.74) is 1.31. The van der Waals surface area contributed by atoms with Crippen LogP contribution in [-0.4, -0.2) is 28.4 Å². The van der Waals surface area contributed by atoms with Crippen molar-refractivity contribution in [3.8, 4) is 11.1 Å². The minimum Gasteiger partial charge on any atom is -0.446 e. The van der Waals surface area contributed by atoms with Crippen molar-refractivity contribution in [2.45, 2.75) is 64.7 Å². The second kappa shape index (κ2) is 8.68. The summed E-state index contributed by atoms with van der Waals surface area (Å²) in [6.45, 7) is 7.38. The van der Waals surface area contributed by atoms with Crippen LogP contribution in [0, 0.1) is 30.3 Å². The first-order chi connectivity index (χ1) is 15.5. The molecule has 1 unspecified atom stereocenters. The van der Waals surface area contributed by atoms with Gasteiger partial charge in [0, 0.05) is 41.8 Å². The summed E-state index contributed by atoms with van der Waals surface area (Å²) in [7, 11) is 0. The molecule has 1 saturated carbocycles. The molecule has 1 aliphatic carbocycles. The molecule has 2 heterocycles. The Morgan fingerprint density at radius 1 is 1.15 bits per heavy atom. The first-order valence-electron chi connectivity index (χ1n) is 10.8. The van der Waals surface area contributed by atoms with E-state index in [-0.39, 0.29) is 28.7 Å². The molecule has 0 saturated heterocycles. The maximum absolute atomic E-state index is 14.5. The van der Waals surface area contributed by atoms with Crippen molar-refractivity contribution >= 4 is 11.8 Å². The Morgan fingerprint density at radius 3 is 2.45 bits per heavy atom. The normalized spacial score (nSPS) is 22.3. The summed E-state index contributed by atoms with van der Waals surface area (Å²) in [6.07, 6.45) is 1.96. The van der Waals surface area contributed by atoms with Crippen LogP contribution in [0.25, 0.3) is 11.1 Å². The number of hydrogen-bond acceptors (Lipinski definition) is 5. The third kappa shape index (κ3) is 5.12. The van der Waals surface area contributed by atoms with Crippen molar-refractivity contribution < 1.29 is 27.5 Å². The Kier molecular flexibility index (Phi) is 6.07. The number of rotatable bonds is 4. The van der Waals surface area contributed by atoms with E-state index in [1.165, 1.54) is 0 Å². The van der Waals surface area contributed by atoms with Crippen LogP contribution in [0.3, 0.4) is 0 Å². The molecule has 176 valence electrons. The zero-order valence-electron chi connectivity index (χ0n) is 18.9. The summed E-state index contributed by atoms with van der Waals surface area (Å²) in [5.74, 6) is -2.91. The van der Waals surface area contributed by atoms with Gasteiger partial charge in [0.15, 0.2) is 6.10 Å². The van der Waals surface area contributed by atoms with Crippen molar-refractivity contribution in [2.75, 3.05) is 0 Å². The molecule has 1 aromatic heterocycles. The molecule has 1 fully saturated rings. The van der Waals surface area contributed by atoms with Gasteiger partial charge in [0.2, 0.25) is 0 Å². The quantitative estimate of drug-likeness (QED) is 0.644. The van der Waals surface area contributed by atoms with Gasteiger partial charge in [0.25, 0.3) is 0 Å². The summed E-state index contributed by atoms with van der Waals surface area (Å²) in [4.78, 5) is 21.9. The summed E-state index contributed by atoms with van der Waals surface area (Å²) < 4.78 is 47.8. The van der Waals surface area contributed by atoms with Crippen LogP contribution in [0.5, 0.6) is 0 Å². The monoisotopic (exact) mass is 461 g/mol. The van der Waals surface area contributed by atoms with E-state index >= 15 is 0 Å². The SMILES string of the molecule is Cc1cnc(C2CC(C3CC(OC(=O)NC(C)(C)C)C3)=NO2)c(-c2c(F)cc(F)cc2F)c1. The fourth-order valence-electron chi connectivity index (χ4n) is 4.04. The van der Waals surface area contributed by atoms with Gasteiger partial charge in [0.1, 0.15) is 23.6 Å². The third-order valence-corrected chi connectivity index (χ3v) is 5.64. The smallest absolute Gasteiger partial charge is 0.407 e. The van der Waals surface area contributed by atoms with Gasteiger partial charge in [-0.15, -0.1) is 0 Å². The van der Waals surface area contributed by atoms with Crippen molar-refractivity contribution in [3.05, 3.63) is 53.1 Å². The lowest BCUT2D eigenvalue weighted by Crippen LogP contribution is -2.45. The first-order valence-corrected chi connectivity index (χ1v) is 10.8. The number of oxime groups is 1. The van der Waals surface area contributed by atoms with Gasteiger partial charge in [-0.25, -0.2) is 18.0 Å². The first kappa shape index (κ1) is 23.1. The summed E-state index contributed by atoms with van der Waals surface area (Å²) >= 11 is 0. The van der Waals surface area contributed by atoms with Gasteiger partial charge < -0.3 is 14.9 Å². The second-order valence-corrected chi connectivity index (χ2v) is 9.64. The van der Waals surface area contributed by atoms with Crippen LogP contribution in [-0.2, 0) is 9.57 Å². The number of benzene rings is 1. The highest BCUT2D eigenvalue weighted by Gasteiger charge is 2.40. The predicted molar refractivity (Wildman–Crippen MR) is 116 cm³/mol. The molecule has 33 heavy (non-hydrogen) atoms. The summed E-state index contributed by atoms with van der Waals surface area (Å²) in [6, 6.07) is 2.89. The van der Waals surface area contributed by atoms with E-state index in [2.05, 4.69) is 15.5 Å². The Bertz CT molecular complexity index is 1080. The van der Waals surface area contributed by atoms with E-state index in [4.69, 9.17) is 9.57 Å². The fourth-order valence-corrected chi connectivity index (χ4v) is 4.04. The number of halogens is 3. The van der Waals surface area contributed by atoms with E-state index in [0.29, 0.717) is 42.7 Å². The van der Waals surface area contributed by atoms with Crippen LogP contribution in [0.1, 0.15) is 57.4 Å². The molecule has 6 nitrogen and oxygen atoms in total. The zero-order valence-corrected chi connectivity index (χ0v) is 18.9. The Labute approximate surface area is 190 Å². The minimum atomic E-state index is -1.01. The van der Waals surface area contributed by atoms with Gasteiger partial charge in [0.05, 0.1) is 17.0 Å². The molecule has 0 bridgehead atoms. The second-order valence-electron chi connectivity index (χ2n) is 9.64. The number of alkyl carbamates (subject to hydrolysis) is 1. The molecular formula is C24H26F3N3O3. The molecule has 2 aliphatic rings. The van der Waals surface area contributed by atoms with E-state index < -0.39 is 29.6 Å². The molecule has 0 spiro atoms. The molecule has 1 aromatic carbocycles. The lowest BCUT2D eigenvalue weighted by molar-refractivity contribution is 0.0321. The zero-order chi connectivity index (χ0) is 23.9. The van der Waals surface area contributed by atoms with E-state index in [1.54, 1.807) is 19.2 Å². The highest BCUT2D eigenvalue weighted by molar-refractivity contribution is 5.89. The fraction of sp³-hybridized carbons (Fsp3) is 0.458. The summed E-state index contributed by atoms with van der Waals surface area (Å²) in [5, 5.41) is 6.94. The highest BCUT2D eigenvalue weighted by Crippen LogP contribution is 2.41. The minimum absolute atomic E-state index is 0.0932. The van der Waals surface area contributed by atoms with E-state index in [1.807, 2.05) is 20.8 Å². The Hall–Kier alpha value is -3.10. The van der Waals surface area contributed by atoms with E-state index in [9.17, 15) is 18.0 Å². The topological polar surface area (TPSA) is 72.8 Å². The Morgan fingerprint density at radius 2 is 1.82 bits per heavy atom. The van der Waals surface area contributed by atoms with Crippen LogP contribution in [0.4, 0.5) is 18.0 Å². The average Bonchev–Trinajstić information content (AvgIpc) is 3.11. The lowest BCUT2D eigenvalue weighted by atomic mass is 9.77. The van der Waals surface area contributed by atoms with Crippen LogP contribution < -0.4 is 5.32 Å². The molecule has 1 aliphatic heterocycles. The number of aromatic nitrogens is 1. The van der Waals surface area contributed by atoms with Gasteiger partial charge >= 0.3 is 6.09 Å². The number of ether oxygens (including phenoxy) is 1. The van der Waals surface area contributed by atoms with Gasteiger partial charge in [-0.05, 0) is 52.2 Å². The van der Waals surface area contributed by atoms with Crippen LogP contribution in [0.2, 0.25) is 0 Å². The molecule has 1 atom stereocenters. The van der Waals surface area contributed by atoms with Crippen molar-refractivity contribution in [1.82, 2.24) is 10.3 Å². The van der Waals surface area contributed by atoms with Gasteiger partial charge in [-0.2, -0.15) is 0 Å². The van der Waals surface area contributed by atoms with Crippen molar-refractivity contribution in [1.29, 1.82) is 0 Å². The molecule has 1 amide bonds. The molecule has 9 heteroatoms. The standard InChI is InChI=1S/C24H26F3N3O3/c1-12-5-16(21-17(26)8-14(25)9-18(21)27)22(28-11-12)20-10-19(30-33-20)13-6-15(7-13)32-23(31)29-24(2,3)4/h5,8-9,11,13,15,20H,6-7,10H2,1-4H3,(H,29,31).